The Kier molecular flexibility index (Phi) is 4.59. The molecule has 0 aromatic carbocycles. The number of aromatic nitrogens is 1. The molecular weight excluding hydrogens is 222 g/mol. The summed E-state index contributed by atoms with van der Waals surface area (Å²) in [7, 11) is 0. The van der Waals surface area contributed by atoms with E-state index in [0.29, 0.717) is 6.04 Å². The number of hydrogen-bond donors (Lipinski definition) is 1. The van der Waals surface area contributed by atoms with Gasteiger partial charge in [0.1, 0.15) is 0 Å². The number of pyridine rings is 1. The van der Waals surface area contributed by atoms with Crippen LogP contribution in [0.1, 0.15) is 39.2 Å². The molecule has 0 spiro atoms. The first kappa shape index (κ1) is 13.3. The summed E-state index contributed by atoms with van der Waals surface area (Å²) in [6, 6.07) is 2.78. The summed E-state index contributed by atoms with van der Waals surface area (Å²) in [5, 5.41) is 3.49. The van der Waals surface area contributed by atoms with Crippen molar-refractivity contribution in [1.82, 2.24) is 10.3 Å². The van der Waals surface area contributed by atoms with Crippen LogP contribution in [0.15, 0.2) is 18.5 Å². The standard InChI is InChI=1S/C15H25N3/c1-4-6-16-9-14-5-7-17-10-15(14)18-11-12(2)8-13(18)3/h5,7,10,12-13,16H,4,6,8-9,11H2,1-3H3. The van der Waals surface area contributed by atoms with Crippen molar-refractivity contribution in [2.24, 2.45) is 5.92 Å². The Balaban J connectivity index is 2.11. The maximum Gasteiger partial charge on any atom is 0.0600 e. The summed E-state index contributed by atoms with van der Waals surface area (Å²) in [5.74, 6) is 0.789. The third-order valence-electron chi connectivity index (χ3n) is 3.72. The van der Waals surface area contributed by atoms with E-state index in [1.54, 1.807) is 0 Å². The Morgan fingerprint density at radius 2 is 2.28 bits per heavy atom. The first-order valence-corrected chi connectivity index (χ1v) is 7.12. The number of nitrogens with zero attached hydrogens (tertiary/aromatic N) is 2. The largest absolute Gasteiger partial charge is 0.367 e. The first-order chi connectivity index (χ1) is 8.72. The molecule has 0 amide bonds. The zero-order valence-corrected chi connectivity index (χ0v) is 11.8. The van der Waals surface area contributed by atoms with Gasteiger partial charge in [-0.2, -0.15) is 0 Å². The van der Waals surface area contributed by atoms with Crippen molar-refractivity contribution in [3.63, 3.8) is 0 Å². The van der Waals surface area contributed by atoms with Gasteiger partial charge in [0.2, 0.25) is 0 Å². The van der Waals surface area contributed by atoms with Crippen LogP contribution in [-0.4, -0.2) is 24.1 Å². The highest BCUT2D eigenvalue weighted by atomic mass is 15.2. The van der Waals surface area contributed by atoms with Crippen LogP contribution in [0, 0.1) is 5.92 Å². The molecule has 0 bridgehead atoms. The van der Waals surface area contributed by atoms with E-state index in [4.69, 9.17) is 0 Å². The number of hydrogen-bond acceptors (Lipinski definition) is 3. The van der Waals surface area contributed by atoms with Crippen molar-refractivity contribution in [2.75, 3.05) is 18.0 Å². The Labute approximate surface area is 111 Å². The van der Waals surface area contributed by atoms with Crippen molar-refractivity contribution in [3.8, 4) is 0 Å². The van der Waals surface area contributed by atoms with Gasteiger partial charge in [-0.25, -0.2) is 0 Å². The molecule has 0 radical (unpaired) electrons. The van der Waals surface area contributed by atoms with E-state index < -0.39 is 0 Å². The molecule has 1 aromatic rings. The lowest BCUT2D eigenvalue weighted by molar-refractivity contribution is 0.625. The van der Waals surface area contributed by atoms with Gasteiger partial charge >= 0.3 is 0 Å². The first-order valence-electron chi connectivity index (χ1n) is 7.12. The van der Waals surface area contributed by atoms with Gasteiger partial charge in [0.15, 0.2) is 0 Å². The van der Waals surface area contributed by atoms with Crippen molar-refractivity contribution in [3.05, 3.63) is 24.0 Å². The van der Waals surface area contributed by atoms with Crippen LogP contribution in [0.2, 0.25) is 0 Å². The van der Waals surface area contributed by atoms with Crippen molar-refractivity contribution >= 4 is 5.69 Å². The molecule has 18 heavy (non-hydrogen) atoms. The molecule has 1 saturated heterocycles. The van der Waals surface area contributed by atoms with E-state index in [1.807, 2.05) is 12.4 Å². The molecule has 3 heteroatoms. The molecule has 1 aliphatic heterocycles. The highest BCUT2D eigenvalue weighted by molar-refractivity contribution is 5.53. The monoisotopic (exact) mass is 247 g/mol. The quantitative estimate of drug-likeness (QED) is 0.811. The maximum atomic E-state index is 4.31. The Morgan fingerprint density at radius 3 is 2.94 bits per heavy atom. The lowest BCUT2D eigenvalue weighted by Gasteiger charge is -2.26. The Bertz CT molecular complexity index is 378. The molecule has 0 saturated carbocycles. The van der Waals surface area contributed by atoms with Crippen molar-refractivity contribution in [2.45, 2.75) is 46.2 Å². The van der Waals surface area contributed by atoms with Crippen LogP contribution in [0.4, 0.5) is 5.69 Å². The molecule has 3 nitrogen and oxygen atoms in total. The van der Waals surface area contributed by atoms with Crippen LogP contribution >= 0.6 is 0 Å². The maximum absolute atomic E-state index is 4.31. The Hall–Kier alpha value is -1.09. The van der Waals surface area contributed by atoms with Crippen LogP contribution in [0.3, 0.4) is 0 Å². The molecule has 1 aromatic heterocycles. The molecule has 2 unspecified atom stereocenters. The van der Waals surface area contributed by atoms with Gasteiger partial charge in [0, 0.05) is 25.3 Å². The van der Waals surface area contributed by atoms with Crippen molar-refractivity contribution < 1.29 is 0 Å². The van der Waals surface area contributed by atoms with Gasteiger partial charge in [-0.1, -0.05) is 13.8 Å². The molecule has 2 heterocycles. The lowest BCUT2D eigenvalue weighted by atomic mass is 10.1. The highest BCUT2D eigenvalue weighted by Gasteiger charge is 2.27. The molecular formula is C15H25N3. The summed E-state index contributed by atoms with van der Waals surface area (Å²) in [6.07, 6.45) is 6.39. The second-order valence-electron chi connectivity index (χ2n) is 5.52. The van der Waals surface area contributed by atoms with E-state index in [1.165, 1.54) is 24.1 Å². The fourth-order valence-corrected chi connectivity index (χ4v) is 2.86. The molecule has 100 valence electrons. The second kappa shape index (κ2) is 6.19. The normalized spacial score (nSPS) is 23.6. The summed E-state index contributed by atoms with van der Waals surface area (Å²) in [4.78, 5) is 6.82. The number of nitrogens with one attached hydrogen (secondary N) is 1. The van der Waals surface area contributed by atoms with E-state index in [9.17, 15) is 0 Å². The zero-order valence-electron chi connectivity index (χ0n) is 11.8. The van der Waals surface area contributed by atoms with Gasteiger partial charge < -0.3 is 10.2 Å². The SMILES string of the molecule is CCCNCc1ccncc1N1CC(C)CC1C. The van der Waals surface area contributed by atoms with E-state index in [0.717, 1.165) is 25.6 Å². The minimum Gasteiger partial charge on any atom is -0.367 e. The number of anilines is 1. The summed E-state index contributed by atoms with van der Waals surface area (Å²) in [5.41, 5.74) is 2.69. The summed E-state index contributed by atoms with van der Waals surface area (Å²) >= 11 is 0. The van der Waals surface area contributed by atoms with E-state index >= 15 is 0 Å². The highest BCUT2D eigenvalue weighted by Crippen LogP contribution is 2.30. The van der Waals surface area contributed by atoms with E-state index in [2.05, 4.69) is 42.0 Å². The molecule has 0 aliphatic carbocycles. The number of rotatable bonds is 5. The predicted molar refractivity (Wildman–Crippen MR) is 76.8 cm³/mol. The van der Waals surface area contributed by atoms with Gasteiger partial charge in [0.05, 0.1) is 11.9 Å². The van der Waals surface area contributed by atoms with Gasteiger partial charge in [-0.3, -0.25) is 4.98 Å². The predicted octanol–water partition coefficient (Wildman–Crippen LogP) is 2.82. The summed E-state index contributed by atoms with van der Waals surface area (Å²) in [6.45, 7) is 10.0. The average molecular weight is 247 g/mol. The third-order valence-corrected chi connectivity index (χ3v) is 3.72. The minimum absolute atomic E-state index is 0.633. The fraction of sp³-hybridized carbons (Fsp3) is 0.667. The third kappa shape index (κ3) is 3.02. The fourth-order valence-electron chi connectivity index (χ4n) is 2.86. The molecule has 2 atom stereocenters. The van der Waals surface area contributed by atoms with Gasteiger partial charge in [-0.15, -0.1) is 0 Å². The van der Waals surface area contributed by atoms with Crippen molar-refractivity contribution in [1.29, 1.82) is 0 Å². The van der Waals surface area contributed by atoms with Gasteiger partial charge in [0.25, 0.3) is 0 Å². The molecule has 2 rings (SSSR count). The van der Waals surface area contributed by atoms with Crippen LogP contribution in [0.5, 0.6) is 0 Å². The molecule has 1 N–H and O–H groups in total. The zero-order chi connectivity index (χ0) is 13.0. The van der Waals surface area contributed by atoms with Crippen LogP contribution in [-0.2, 0) is 6.54 Å². The average Bonchev–Trinajstić information content (AvgIpc) is 2.69. The lowest BCUT2D eigenvalue weighted by Crippen LogP contribution is -2.28. The van der Waals surface area contributed by atoms with Crippen LogP contribution < -0.4 is 10.2 Å². The topological polar surface area (TPSA) is 28.2 Å². The Morgan fingerprint density at radius 1 is 1.44 bits per heavy atom. The second-order valence-corrected chi connectivity index (χ2v) is 5.52. The van der Waals surface area contributed by atoms with Gasteiger partial charge in [-0.05, 0) is 43.9 Å². The minimum atomic E-state index is 0.633. The molecule has 1 fully saturated rings. The molecule has 1 aliphatic rings. The smallest absolute Gasteiger partial charge is 0.0600 e. The van der Waals surface area contributed by atoms with E-state index in [-0.39, 0.29) is 0 Å². The summed E-state index contributed by atoms with van der Waals surface area (Å²) < 4.78 is 0. The van der Waals surface area contributed by atoms with Crippen LogP contribution in [0.25, 0.3) is 0 Å².